The Kier molecular flexibility index (Phi) is 5.91. The summed E-state index contributed by atoms with van der Waals surface area (Å²) in [5, 5.41) is 6.18. The summed E-state index contributed by atoms with van der Waals surface area (Å²) in [6, 6.07) is 3.10. The van der Waals surface area contributed by atoms with Crippen LogP contribution in [0.5, 0.6) is 5.75 Å². The maximum absolute atomic E-state index is 11.8. The lowest BCUT2D eigenvalue weighted by Crippen LogP contribution is -2.35. The van der Waals surface area contributed by atoms with E-state index in [2.05, 4.69) is 26.6 Å². The minimum absolute atomic E-state index is 0.146. The van der Waals surface area contributed by atoms with E-state index in [1.807, 2.05) is 6.92 Å². The fourth-order valence-corrected chi connectivity index (χ4v) is 2.24. The van der Waals surface area contributed by atoms with Crippen molar-refractivity contribution in [2.75, 3.05) is 19.0 Å². The first-order chi connectivity index (χ1) is 8.49. The van der Waals surface area contributed by atoms with Crippen LogP contribution in [0.1, 0.15) is 13.8 Å². The Hall–Kier alpha value is -0.780. The first kappa shape index (κ1) is 15.3. The molecule has 100 valence electrons. The minimum Gasteiger partial charge on any atom is -0.491 e. The fraction of sp³-hybridized carbons (Fsp3) is 0.417. The lowest BCUT2D eigenvalue weighted by Gasteiger charge is -2.16. The third-order valence-corrected chi connectivity index (χ3v) is 3.19. The maximum Gasteiger partial charge on any atom is 0.241 e. The number of amides is 1. The Labute approximate surface area is 120 Å². The zero-order valence-corrected chi connectivity index (χ0v) is 12.9. The summed E-state index contributed by atoms with van der Waals surface area (Å²) >= 11 is 9.33. The molecule has 1 aromatic carbocycles. The summed E-state index contributed by atoms with van der Waals surface area (Å²) in [4.78, 5) is 11.8. The second-order valence-corrected chi connectivity index (χ2v) is 4.99. The molecule has 0 aliphatic rings. The van der Waals surface area contributed by atoms with Crippen LogP contribution in [0, 0.1) is 0 Å². The van der Waals surface area contributed by atoms with Gasteiger partial charge in [0.2, 0.25) is 5.91 Å². The zero-order chi connectivity index (χ0) is 13.7. The molecule has 1 rings (SSSR count). The van der Waals surface area contributed by atoms with Crippen molar-refractivity contribution in [3.8, 4) is 5.75 Å². The smallest absolute Gasteiger partial charge is 0.241 e. The fourth-order valence-electron chi connectivity index (χ4n) is 1.32. The molecule has 6 heteroatoms. The van der Waals surface area contributed by atoms with E-state index in [4.69, 9.17) is 16.3 Å². The molecule has 2 N–H and O–H groups in total. The monoisotopic (exact) mass is 334 g/mol. The van der Waals surface area contributed by atoms with E-state index in [9.17, 15) is 4.79 Å². The zero-order valence-electron chi connectivity index (χ0n) is 10.5. The predicted molar refractivity (Wildman–Crippen MR) is 77.5 cm³/mol. The first-order valence-electron chi connectivity index (χ1n) is 5.59. The number of hydrogen-bond acceptors (Lipinski definition) is 3. The summed E-state index contributed by atoms with van der Waals surface area (Å²) in [5.74, 6) is 0.436. The van der Waals surface area contributed by atoms with Gasteiger partial charge >= 0.3 is 0 Å². The van der Waals surface area contributed by atoms with E-state index < -0.39 is 0 Å². The number of likely N-dealkylation sites (N-methyl/N-ethyl adjacent to an activating group) is 1. The molecule has 0 aromatic heterocycles. The Morgan fingerprint density at radius 1 is 1.56 bits per heavy atom. The summed E-state index contributed by atoms with van der Waals surface area (Å²) in [5.41, 5.74) is 0.559. The number of benzene rings is 1. The molecule has 0 saturated heterocycles. The Balaban J connectivity index is 3.02. The number of anilines is 1. The number of carbonyl (C=O) groups excluding carboxylic acids is 1. The normalized spacial score (nSPS) is 12.1. The highest BCUT2D eigenvalue weighted by molar-refractivity contribution is 9.10. The Morgan fingerprint density at radius 2 is 2.22 bits per heavy atom. The second kappa shape index (κ2) is 6.97. The molecule has 0 heterocycles. The van der Waals surface area contributed by atoms with Crippen molar-refractivity contribution in [2.45, 2.75) is 19.9 Å². The van der Waals surface area contributed by atoms with Gasteiger partial charge in [-0.25, -0.2) is 0 Å². The summed E-state index contributed by atoms with van der Waals surface area (Å²) < 4.78 is 6.21. The summed E-state index contributed by atoms with van der Waals surface area (Å²) in [7, 11) is 1.72. The van der Waals surface area contributed by atoms with Gasteiger partial charge in [0.05, 0.1) is 22.8 Å². The van der Waals surface area contributed by atoms with E-state index in [-0.39, 0.29) is 11.9 Å². The van der Waals surface area contributed by atoms with Crippen LogP contribution in [-0.4, -0.2) is 25.6 Å². The van der Waals surface area contributed by atoms with Crippen molar-refractivity contribution in [3.05, 3.63) is 21.6 Å². The van der Waals surface area contributed by atoms with Gasteiger partial charge in [0.1, 0.15) is 0 Å². The topological polar surface area (TPSA) is 50.4 Å². The molecule has 0 bridgehead atoms. The SMILES string of the molecule is CCOc1c(Br)cc(Cl)cc1NC(=O)C(C)NC. The molecule has 0 aliphatic heterocycles. The quantitative estimate of drug-likeness (QED) is 0.869. The molecule has 0 aliphatic carbocycles. The molecule has 4 nitrogen and oxygen atoms in total. The van der Waals surface area contributed by atoms with Gasteiger partial charge in [-0.05, 0) is 49.0 Å². The highest BCUT2D eigenvalue weighted by atomic mass is 79.9. The first-order valence-corrected chi connectivity index (χ1v) is 6.76. The molecule has 1 atom stereocenters. The molecule has 0 radical (unpaired) electrons. The van der Waals surface area contributed by atoms with Crippen molar-refractivity contribution in [3.63, 3.8) is 0 Å². The van der Waals surface area contributed by atoms with E-state index in [1.54, 1.807) is 26.1 Å². The maximum atomic E-state index is 11.8. The molecule has 0 saturated carbocycles. The van der Waals surface area contributed by atoms with Crippen LogP contribution in [0.25, 0.3) is 0 Å². The van der Waals surface area contributed by atoms with Gasteiger partial charge in [0.15, 0.2) is 5.75 Å². The highest BCUT2D eigenvalue weighted by Gasteiger charge is 2.15. The molecular weight excluding hydrogens is 320 g/mol. The molecule has 0 spiro atoms. The highest BCUT2D eigenvalue weighted by Crippen LogP contribution is 2.36. The molecule has 0 fully saturated rings. The van der Waals surface area contributed by atoms with Crippen LogP contribution in [0.4, 0.5) is 5.69 Å². The van der Waals surface area contributed by atoms with Crippen LogP contribution < -0.4 is 15.4 Å². The second-order valence-electron chi connectivity index (χ2n) is 3.70. The standard InChI is InChI=1S/C12H16BrClN2O2/c1-4-18-11-9(13)5-8(14)6-10(11)16-12(17)7(2)15-3/h5-7,15H,4H2,1-3H3,(H,16,17). The number of rotatable bonds is 5. The van der Waals surface area contributed by atoms with Gasteiger partial charge < -0.3 is 15.4 Å². The lowest BCUT2D eigenvalue weighted by atomic mass is 10.2. The third-order valence-electron chi connectivity index (χ3n) is 2.38. The third kappa shape index (κ3) is 3.86. The van der Waals surface area contributed by atoms with Crippen molar-refractivity contribution in [1.29, 1.82) is 0 Å². The van der Waals surface area contributed by atoms with Crippen molar-refractivity contribution < 1.29 is 9.53 Å². The van der Waals surface area contributed by atoms with Crippen LogP contribution in [0.15, 0.2) is 16.6 Å². The Bertz CT molecular complexity index is 440. The van der Waals surface area contributed by atoms with Gasteiger partial charge in [0.25, 0.3) is 0 Å². The van der Waals surface area contributed by atoms with Crippen molar-refractivity contribution >= 4 is 39.1 Å². The number of hydrogen-bond donors (Lipinski definition) is 2. The number of nitrogens with one attached hydrogen (secondary N) is 2. The van der Waals surface area contributed by atoms with Gasteiger partial charge in [-0.1, -0.05) is 11.6 Å². The van der Waals surface area contributed by atoms with E-state index in [0.29, 0.717) is 27.5 Å². The average Bonchev–Trinajstić information content (AvgIpc) is 2.32. The van der Waals surface area contributed by atoms with E-state index >= 15 is 0 Å². The number of ether oxygens (including phenoxy) is 1. The molecular formula is C12H16BrClN2O2. The summed E-state index contributed by atoms with van der Waals surface area (Å²) in [6.07, 6.45) is 0. The average molecular weight is 336 g/mol. The van der Waals surface area contributed by atoms with Crippen molar-refractivity contribution in [2.24, 2.45) is 0 Å². The van der Waals surface area contributed by atoms with Crippen LogP contribution >= 0.6 is 27.5 Å². The number of carbonyl (C=O) groups is 1. The lowest BCUT2D eigenvalue weighted by molar-refractivity contribution is -0.117. The van der Waals surface area contributed by atoms with Gasteiger partial charge in [-0.3, -0.25) is 4.79 Å². The van der Waals surface area contributed by atoms with Gasteiger partial charge in [-0.2, -0.15) is 0 Å². The molecule has 18 heavy (non-hydrogen) atoms. The Morgan fingerprint density at radius 3 is 2.78 bits per heavy atom. The van der Waals surface area contributed by atoms with Gasteiger partial charge in [0, 0.05) is 5.02 Å². The van der Waals surface area contributed by atoms with E-state index in [1.165, 1.54) is 0 Å². The molecule has 1 amide bonds. The molecule has 1 unspecified atom stereocenters. The van der Waals surface area contributed by atoms with Crippen LogP contribution in [0.2, 0.25) is 5.02 Å². The van der Waals surface area contributed by atoms with Crippen molar-refractivity contribution in [1.82, 2.24) is 5.32 Å². The van der Waals surface area contributed by atoms with Gasteiger partial charge in [-0.15, -0.1) is 0 Å². The van der Waals surface area contributed by atoms with Crippen LogP contribution in [0.3, 0.4) is 0 Å². The largest absolute Gasteiger partial charge is 0.491 e. The number of halogens is 2. The predicted octanol–water partition coefficient (Wildman–Crippen LogP) is 3.05. The summed E-state index contributed by atoms with van der Waals surface area (Å²) in [6.45, 7) is 4.16. The minimum atomic E-state index is -0.294. The van der Waals surface area contributed by atoms with E-state index in [0.717, 1.165) is 0 Å². The van der Waals surface area contributed by atoms with Crippen LogP contribution in [-0.2, 0) is 4.79 Å². The molecule has 1 aromatic rings.